The maximum Gasteiger partial charge on any atom is 0.273 e. The molecule has 0 radical (unpaired) electrons. The van der Waals surface area contributed by atoms with Crippen molar-refractivity contribution in [2.45, 2.75) is 13.8 Å². The van der Waals surface area contributed by atoms with Crippen LogP contribution in [-0.2, 0) is 0 Å². The molecule has 1 amide bonds. The van der Waals surface area contributed by atoms with Gasteiger partial charge in [0.15, 0.2) is 5.11 Å². The molecule has 0 aliphatic rings. The lowest BCUT2D eigenvalue weighted by Gasteiger charge is -2.13. The first kappa shape index (κ1) is 15.3. The molecule has 0 saturated heterocycles. The SMILES string of the molecule is Cc1occc1C(=O)NNC(=S)Nc1cccc(Cl)c1C. The molecule has 0 bridgehead atoms. The summed E-state index contributed by atoms with van der Waals surface area (Å²) in [6.07, 6.45) is 1.45. The number of hydrazine groups is 1. The van der Waals surface area contributed by atoms with Gasteiger partial charge in [-0.1, -0.05) is 17.7 Å². The van der Waals surface area contributed by atoms with Crippen LogP contribution in [0, 0.1) is 13.8 Å². The molecule has 5 nitrogen and oxygen atoms in total. The van der Waals surface area contributed by atoms with E-state index in [0.29, 0.717) is 16.3 Å². The summed E-state index contributed by atoms with van der Waals surface area (Å²) in [4.78, 5) is 11.9. The van der Waals surface area contributed by atoms with Crippen LogP contribution in [0.15, 0.2) is 34.9 Å². The molecule has 3 N–H and O–H groups in total. The number of halogens is 1. The van der Waals surface area contributed by atoms with Gasteiger partial charge < -0.3 is 9.73 Å². The van der Waals surface area contributed by atoms with Crippen LogP contribution >= 0.6 is 23.8 Å². The zero-order chi connectivity index (χ0) is 15.4. The second-order valence-electron chi connectivity index (χ2n) is 4.34. The predicted octanol–water partition coefficient (Wildman–Crippen LogP) is 3.18. The molecule has 0 aliphatic heterocycles. The van der Waals surface area contributed by atoms with Gasteiger partial charge >= 0.3 is 0 Å². The average Bonchev–Trinajstić information content (AvgIpc) is 2.87. The monoisotopic (exact) mass is 323 g/mol. The number of hydrogen-bond donors (Lipinski definition) is 3. The molecule has 0 atom stereocenters. The highest BCUT2D eigenvalue weighted by molar-refractivity contribution is 7.80. The van der Waals surface area contributed by atoms with Crippen molar-refractivity contribution in [3.63, 3.8) is 0 Å². The van der Waals surface area contributed by atoms with Gasteiger partial charge in [0.2, 0.25) is 0 Å². The highest BCUT2D eigenvalue weighted by Crippen LogP contribution is 2.22. The number of thiocarbonyl (C=S) groups is 1. The number of aryl methyl sites for hydroxylation is 1. The molecule has 110 valence electrons. The van der Waals surface area contributed by atoms with E-state index >= 15 is 0 Å². The molecule has 0 unspecified atom stereocenters. The van der Waals surface area contributed by atoms with Crippen LogP contribution < -0.4 is 16.2 Å². The smallest absolute Gasteiger partial charge is 0.273 e. The zero-order valence-corrected chi connectivity index (χ0v) is 13.1. The van der Waals surface area contributed by atoms with Gasteiger partial charge in [-0.05, 0) is 49.8 Å². The van der Waals surface area contributed by atoms with Crippen molar-refractivity contribution in [1.29, 1.82) is 0 Å². The number of carbonyl (C=O) groups is 1. The summed E-state index contributed by atoms with van der Waals surface area (Å²) in [5.74, 6) is 0.215. The Kier molecular flexibility index (Phi) is 4.82. The number of amides is 1. The van der Waals surface area contributed by atoms with Gasteiger partial charge in [-0.25, -0.2) is 0 Å². The Balaban J connectivity index is 1.92. The van der Waals surface area contributed by atoms with E-state index in [-0.39, 0.29) is 11.0 Å². The highest BCUT2D eigenvalue weighted by atomic mass is 35.5. The van der Waals surface area contributed by atoms with Crippen LogP contribution in [0.3, 0.4) is 0 Å². The molecule has 0 fully saturated rings. The van der Waals surface area contributed by atoms with E-state index < -0.39 is 0 Å². The first-order valence-electron chi connectivity index (χ1n) is 6.15. The van der Waals surface area contributed by atoms with Crippen LogP contribution in [0.2, 0.25) is 5.02 Å². The maximum absolute atomic E-state index is 11.9. The number of benzene rings is 1. The molecule has 1 heterocycles. The first-order chi connectivity index (χ1) is 9.99. The standard InChI is InChI=1S/C14H14ClN3O2S/c1-8-11(15)4-3-5-12(8)16-14(21)18-17-13(19)10-6-7-20-9(10)2/h3-7H,1-2H3,(H,17,19)(H2,16,18,21). The number of furan rings is 1. The third-order valence-corrected chi connectivity index (χ3v) is 3.52. The number of anilines is 1. The van der Waals surface area contributed by atoms with Gasteiger partial charge in [0.25, 0.3) is 5.91 Å². The summed E-state index contributed by atoms with van der Waals surface area (Å²) in [6.45, 7) is 3.58. The molecular formula is C14H14ClN3O2S. The van der Waals surface area contributed by atoms with Gasteiger partial charge in [0, 0.05) is 10.7 Å². The van der Waals surface area contributed by atoms with Gasteiger partial charge in [-0.2, -0.15) is 0 Å². The van der Waals surface area contributed by atoms with Crippen molar-refractivity contribution in [3.8, 4) is 0 Å². The van der Waals surface area contributed by atoms with Crippen molar-refractivity contribution in [2.24, 2.45) is 0 Å². The summed E-state index contributed by atoms with van der Waals surface area (Å²) < 4.78 is 5.07. The maximum atomic E-state index is 11.9. The normalized spacial score (nSPS) is 10.0. The zero-order valence-electron chi connectivity index (χ0n) is 11.5. The number of rotatable bonds is 2. The predicted molar refractivity (Wildman–Crippen MR) is 86.5 cm³/mol. The Hall–Kier alpha value is -2.05. The number of hydrogen-bond acceptors (Lipinski definition) is 3. The lowest BCUT2D eigenvalue weighted by molar-refractivity contribution is 0.0942. The molecule has 0 aliphatic carbocycles. The van der Waals surface area contributed by atoms with E-state index in [4.69, 9.17) is 28.2 Å². The summed E-state index contributed by atoms with van der Waals surface area (Å²) >= 11 is 11.1. The van der Waals surface area contributed by atoms with Crippen molar-refractivity contribution in [2.75, 3.05) is 5.32 Å². The lowest BCUT2D eigenvalue weighted by Crippen LogP contribution is -2.43. The van der Waals surface area contributed by atoms with Crippen molar-refractivity contribution in [3.05, 3.63) is 52.4 Å². The Morgan fingerprint density at radius 2 is 2.00 bits per heavy atom. The summed E-state index contributed by atoms with van der Waals surface area (Å²) in [6, 6.07) is 7.04. The highest BCUT2D eigenvalue weighted by Gasteiger charge is 2.11. The number of carbonyl (C=O) groups excluding carboxylic acids is 1. The molecule has 1 aromatic carbocycles. The van der Waals surface area contributed by atoms with E-state index in [9.17, 15) is 4.79 Å². The molecular weight excluding hydrogens is 310 g/mol. The van der Waals surface area contributed by atoms with Gasteiger partial charge in [-0.15, -0.1) is 0 Å². The third kappa shape index (κ3) is 3.74. The van der Waals surface area contributed by atoms with Crippen LogP contribution in [0.1, 0.15) is 21.7 Å². The summed E-state index contributed by atoms with van der Waals surface area (Å²) in [5.41, 5.74) is 7.22. The van der Waals surface area contributed by atoms with Crippen LogP contribution in [0.4, 0.5) is 5.69 Å². The minimum atomic E-state index is -0.326. The largest absolute Gasteiger partial charge is 0.469 e. The van der Waals surface area contributed by atoms with Gasteiger partial charge in [0.1, 0.15) is 5.76 Å². The first-order valence-corrected chi connectivity index (χ1v) is 6.94. The van der Waals surface area contributed by atoms with Crippen molar-refractivity contribution >= 4 is 40.5 Å². The van der Waals surface area contributed by atoms with Gasteiger partial charge in [0.05, 0.1) is 11.8 Å². The Labute approximate surface area is 132 Å². The minimum absolute atomic E-state index is 0.259. The second-order valence-corrected chi connectivity index (χ2v) is 5.15. The Morgan fingerprint density at radius 1 is 1.24 bits per heavy atom. The quantitative estimate of drug-likeness (QED) is 0.585. The van der Waals surface area contributed by atoms with E-state index in [1.54, 1.807) is 19.1 Å². The third-order valence-electron chi connectivity index (χ3n) is 2.91. The van der Waals surface area contributed by atoms with E-state index in [0.717, 1.165) is 11.3 Å². The van der Waals surface area contributed by atoms with Crippen LogP contribution in [0.5, 0.6) is 0 Å². The fraction of sp³-hybridized carbons (Fsp3) is 0.143. The molecule has 0 saturated carbocycles. The topological polar surface area (TPSA) is 66.3 Å². The number of nitrogens with one attached hydrogen (secondary N) is 3. The Bertz CT molecular complexity index is 685. The molecule has 21 heavy (non-hydrogen) atoms. The average molecular weight is 324 g/mol. The fourth-order valence-corrected chi connectivity index (χ4v) is 2.03. The molecule has 0 spiro atoms. The molecule has 1 aromatic heterocycles. The second kappa shape index (κ2) is 6.60. The molecule has 2 rings (SSSR count). The van der Waals surface area contributed by atoms with E-state index in [2.05, 4.69) is 16.2 Å². The van der Waals surface area contributed by atoms with Crippen molar-refractivity contribution in [1.82, 2.24) is 10.9 Å². The summed E-state index contributed by atoms with van der Waals surface area (Å²) in [5, 5.41) is 3.86. The van der Waals surface area contributed by atoms with E-state index in [1.807, 2.05) is 19.1 Å². The van der Waals surface area contributed by atoms with Crippen LogP contribution in [-0.4, -0.2) is 11.0 Å². The fourth-order valence-electron chi connectivity index (χ4n) is 1.70. The van der Waals surface area contributed by atoms with Crippen molar-refractivity contribution < 1.29 is 9.21 Å². The molecule has 2 aromatic rings. The Morgan fingerprint density at radius 3 is 2.67 bits per heavy atom. The molecule has 7 heteroatoms. The van der Waals surface area contributed by atoms with Gasteiger partial charge in [-0.3, -0.25) is 15.6 Å². The summed E-state index contributed by atoms with van der Waals surface area (Å²) in [7, 11) is 0. The lowest BCUT2D eigenvalue weighted by atomic mass is 10.2. The minimum Gasteiger partial charge on any atom is -0.469 e. The van der Waals surface area contributed by atoms with Crippen LogP contribution in [0.25, 0.3) is 0 Å². The van der Waals surface area contributed by atoms with E-state index in [1.165, 1.54) is 6.26 Å².